The van der Waals surface area contributed by atoms with Crippen molar-refractivity contribution in [2.24, 2.45) is 5.92 Å². The van der Waals surface area contributed by atoms with Crippen LogP contribution in [0.4, 0.5) is 5.82 Å². The number of anilines is 1. The zero-order chi connectivity index (χ0) is 16.8. The molecule has 23 heavy (non-hydrogen) atoms. The van der Waals surface area contributed by atoms with Crippen LogP contribution in [0, 0.1) is 5.92 Å². The molecule has 0 saturated carbocycles. The number of carbonyl (C=O) groups excluding carboxylic acids is 2. The zero-order valence-corrected chi connectivity index (χ0v) is 15.0. The minimum absolute atomic E-state index is 0.00280. The van der Waals surface area contributed by atoms with E-state index in [4.69, 9.17) is 0 Å². The molecule has 0 aliphatic carbocycles. The lowest BCUT2D eigenvalue weighted by atomic mass is 10.0. The second-order valence-corrected chi connectivity index (χ2v) is 6.76. The van der Waals surface area contributed by atoms with Crippen LogP contribution in [0.25, 0.3) is 0 Å². The van der Waals surface area contributed by atoms with Crippen molar-refractivity contribution < 1.29 is 9.59 Å². The Morgan fingerprint density at radius 1 is 1.26 bits per heavy atom. The molecule has 1 aromatic heterocycles. The van der Waals surface area contributed by atoms with E-state index in [1.807, 2.05) is 20.8 Å². The van der Waals surface area contributed by atoms with Gasteiger partial charge in [0.05, 0.1) is 5.69 Å². The Labute approximate surface area is 141 Å². The van der Waals surface area contributed by atoms with E-state index in [9.17, 15) is 9.59 Å². The Hall–Kier alpha value is -1.50. The Morgan fingerprint density at radius 3 is 2.65 bits per heavy atom. The van der Waals surface area contributed by atoms with Gasteiger partial charge >= 0.3 is 0 Å². The molecule has 0 atom stereocenters. The molecule has 0 unspecified atom stereocenters. The van der Waals surface area contributed by atoms with Gasteiger partial charge in [0.15, 0.2) is 0 Å². The fourth-order valence-corrected chi connectivity index (χ4v) is 3.69. The molecule has 2 heterocycles. The normalized spacial score (nSPS) is 13.2. The maximum atomic E-state index is 12.4. The fraction of sp³-hybridized carbons (Fsp3) is 0.688. The van der Waals surface area contributed by atoms with Crippen molar-refractivity contribution >= 4 is 29.4 Å². The monoisotopic (exact) mass is 338 g/mol. The average Bonchev–Trinajstić information content (AvgIpc) is 3.09. The first kappa shape index (κ1) is 17.8. The van der Waals surface area contributed by atoms with Gasteiger partial charge in [-0.15, -0.1) is 0 Å². The van der Waals surface area contributed by atoms with Crippen LogP contribution in [0.3, 0.4) is 0 Å². The lowest BCUT2D eigenvalue weighted by Gasteiger charge is -2.15. The summed E-state index contributed by atoms with van der Waals surface area (Å²) < 4.78 is 1.65. The highest BCUT2D eigenvalue weighted by Gasteiger charge is 2.26. The standard InChI is InChI=1S/C16H26N4O2S/c1-4-7-17-14(21)8-20-15(12-9-23-10-13(12)19-20)18-16(22)11(5-2)6-3/h11H,4-10H2,1-3H3,(H,17,21)(H,18,22). The molecule has 128 valence electrons. The lowest BCUT2D eigenvalue weighted by Crippen LogP contribution is -2.30. The maximum absolute atomic E-state index is 12.4. The van der Waals surface area contributed by atoms with Gasteiger partial charge in [0, 0.05) is 29.5 Å². The van der Waals surface area contributed by atoms with Gasteiger partial charge in [-0.3, -0.25) is 9.59 Å². The molecule has 0 bridgehead atoms. The maximum Gasteiger partial charge on any atom is 0.241 e. The third-order valence-corrected chi connectivity index (χ3v) is 5.05. The first-order valence-corrected chi connectivity index (χ1v) is 9.49. The summed E-state index contributed by atoms with van der Waals surface area (Å²) in [6.45, 7) is 6.86. The van der Waals surface area contributed by atoms with Crippen LogP contribution in [0.2, 0.25) is 0 Å². The largest absolute Gasteiger partial charge is 0.355 e. The highest BCUT2D eigenvalue weighted by molar-refractivity contribution is 7.98. The van der Waals surface area contributed by atoms with Crippen LogP contribution >= 0.6 is 11.8 Å². The molecule has 2 N–H and O–H groups in total. The van der Waals surface area contributed by atoms with E-state index in [-0.39, 0.29) is 24.3 Å². The summed E-state index contributed by atoms with van der Waals surface area (Å²) >= 11 is 1.78. The summed E-state index contributed by atoms with van der Waals surface area (Å²) in [7, 11) is 0. The quantitative estimate of drug-likeness (QED) is 0.764. The van der Waals surface area contributed by atoms with Crippen molar-refractivity contribution in [2.75, 3.05) is 11.9 Å². The van der Waals surface area contributed by atoms with Crippen molar-refractivity contribution in [3.63, 3.8) is 0 Å². The van der Waals surface area contributed by atoms with Gasteiger partial charge in [0.2, 0.25) is 11.8 Å². The molecule has 0 radical (unpaired) electrons. The molecular weight excluding hydrogens is 312 g/mol. The van der Waals surface area contributed by atoms with Gasteiger partial charge in [-0.25, -0.2) is 4.68 Å². The Bertz CT molecular complexity index is 567. The second-order valence-electron chi connectivity index (χ2n) is 5.78. The Morgan fingerprint density at radius 2 is 2.00 bits per heavy atom. The molecule has 7 heteroatoms. The van der Waals surface area contributed by atoms with Crippen molar-refractivity contribution in [1.29, 1.82) is 0 Å². The summed E-state index contributed by atoms with van der Waals surface area (Å²) in [4.78, 5) is 24.4. The number of amides is 2. The van der Waals surface area contributed by atoms with Crippen LogP contribution in [0.15, 0.2) is 0 Å². The predicted molar refractivity (Wildman–Crippen MR) is 93.2 cm³/mol. The summed E-state index contributed by atoms with van der Waals surface area (Å²) in [5, 5.41) is 10.4. The van der Waals surface area contributed by atoms with E-state index >= 15 is 0 Å². The molecule has 0 aromatic carbocycles. The molecule has 0 fully saturated rings. The first-order valence-electron chi connectivity index (χ1n) is 8.34. The highest BCUT2D eigenvalue weighted by atomic mass is 32.2. The highest BCUT2D eigenvalue weighted by Crippen LogP contribution is 2.35. The minimum Gasteiger partial charge on any atom is -0.355 e. The molecule has 0 saturated heterocycles. The second kappa shape index (κ2) is 8.38. The molecular formula is C16H26N4O2S. The Kier molecular flexibility index (Phi) is 6.50. The minimum atomic E-state index is -0.0706. The van der Waals surface area contributed by atoms with E-state index in [2.05, 4.69) is 15.7 Å². The number of nitrogens with zero attached hydrogens (tertiary/aromatic N) is 2. The molecule has 1 aliphatic heterocycles. The van der Waals surface area contributed by atoms with Crippen LogP contribution in [-0.2, 0) is 27.6 Å². The molecule has 2 rings (SSSR count). The number of nitrogens with one attached hydrogen (secondary N) is 2. The number of rotatable bonds is 8. The number of aromatic nitrogens is 2. The summed E-state index contributed by atoms with van der Waals surface area (Å²) in [5.74, 6) is 2.33. The van der Waals surface area contributed by atoms with Crippen LogP contribution < -0.4 is 10.6 Å². The number of hydrogen-bond donors (Lipinski definition) is 2. The van der Waals surface area contributed by atoms with Gasteiger partial charge in [-0.1, -0.05) is 20.8 Å². The first-order chi connectivity index (χ1) is 11.1. The number of carbonyl (C=O) groups is 2. The van der Waals surface area contributed by atoms with E-state index in [1.165, 1.54) is 0 Å². The van der Waals surface area contributed by atoms with E-state index in [1.54, 1.807) is 16.4 Å². The topological polar surface area (TPSA) is 76.0 Å². The summed E-state index contributed by atoms with van der Waals surface area (Å²) in [5.41, 5.74) is 2.05. The zero-order valence-electron chi connectivity index (χ0n) is 14.1. The predicted octanol–water partition coefficient (Wildman–Crippen LogP) is 2.53. The Balaban J connectivity index is 2.16. The van der Waals surface area contributed by atoms with E-state index in [0.29, 0.717) is 12.4 Å². The fourth-order valence-electron chi connectivity index (χ4n) is 2.65. The van der Waals surface area contributed by atoms with Gasteiger partial charge in [-0.2, -0.15) is 16.9 Å². The molecule has 1 aliphatic rings. The molecule has 6 nitrogen and oxygen atoms in total. The van der Waals surface area contributed by atoms with Crippen molar-refractivity contribution in [2.45, 2.75) is 58.1 Å². The smallest absolute Gasteiger partial charge is 0.241 e. The van der Waals surface area contributed by atoms with Gasteiger partial charge in [-0.05, 0) is 19.3 Å². The summed E-state index contributed by atoms with van der Waals surface area (Å²) in [6, 6.07) is 0. The van der Waals surface area contributed by atoms with Crippen LogP contribution in [0.5, 0.6) is 0 Å². The molecule has 1 aromatic rings. The molecule has 2 amide bonds. The van der Waals surface area contributed by atoms with Crippen molar-refractivity contribution in [3.05, 3.63) is 11.3 Å². The van der Waals surface area contributed by atoms with Gasteiger partial charge < -0.3 is 10.6 Å². The summed E-state index contributed by atoms with van der Waals surface area (Å²) in [6.07, 6.45) is 2.52. The van der Waals surface area contributed by atoms with Crippen LogP contribution in [0.1, 0.15) is 51.3 Å². The van der Waals surface area contributed by atoms with Crippen molar-refractivity contribution in [1.82, 2.24) is 15.1 Å². The third-order valence-electron chi connectivity index (χ3n) is 4.08. The molecule has 0 spiro atoms. The average molecular weight is 338 g/mol. The number of thioether (sulfide) groups is 1. The SMILES string of the molecule is CCCNC(=O)Cn1nc2c(c1NC(=O)C(CC)CC)CSC2. The van der Waals surface area contributed by atoms with E-state index in [0.717, 1.165) is 42.0 Å². The van der Waals surface area contributed by atoms with E-state index < -0.39 is 0 Å². The van der Waals surface area contributed by atoms with Gasteiger partial charge in [0.1, 0.15) is 12.4 Å². The number of hydrogen-bond acceptors (Lipinski definition) is 4. The van der Waals surface area contributed by atoms with Gasteiger partial charge in [0.25, 0.3) is 0 Å². The number of fused-ring (bicyclic) bond motifs is 1. The van der Waals surface area contributed by atoms with Crippen LogP contribution in [-0.4, -0.2) is 28.1 Å². The van der Waals surface area contributed by atoms with Crippen molar-refractivity contribution in [3.8, 4) is 0 Å². The third kappa shape index (κ3) is 4.28. The lowest BCUT2D eigenvalue weighted by molar-refractivity contribution is -0.122.